The molecule has 0 fully saturated rings. The molecule has 0 saturated heterocycles. The molecule has 2 aliphatic rings. The van der Waals surface area contributed by atoms with Crippen molar-refractivity contribution in [3.63, 3.8) is 0 Å². The Kier molecular flexibility index (Phi) is 9.54. The SMILES string of the molecule is C=C1/C=C\CCC/C=C\C(Nc2ccc(-c3ccc(N(c4ccccc4)c4cccc5ccccc45)cc3)cc2)=C/1C1c2ccccc2C=CC1C. The molecule has 2 unspecified atom stereocenters. The Bertz CT molecular complexity index is 2320. The number of benzene rings is 6. The van der Waals surface area contributed by atoms with Crippen LogP contribution in [0.3, 0.4) is 0 Å². The van der Waals surface area contributed by atoms with Crippen LogP contribution < -0.4 is 10.2 Å². The Morgan fingerprint density at radius 2 is 1.27 bits per heavy atom. The van der Waals surface area contributed by atoms with Crippen LogP contribution in [0.4, 0.5) is 22.7 Å². The summed E-state index contributed by atoms with van der Waals surface area (Å²) in [4.78, 5) is 2.35. The summed E-state index contributed by atoms with van der Waals surface area (Å²) in [5, 5.41) is 6.30. The number of hydrogen-bond donors (Lipinski definition) is 1. The van der Waals surface area contributed by atoms with Crippen molar-refractivity contribution in [2.75, 3.05) is 10.2 Å². The van der Waals surface area contributed by atoms with Gasteiger partial charge in [-0.25, -0.2) is 0 Å². The van der Waals surface area contributed by atoms with E-state index in [4.69, 9.17) is 0 Å². The maximum absolute atomic E-state index is 4.62. The molecule has 254 valence electrons. The summed E-state index contributed by atoms with van der Waals surface area (Å²) < 4.78 is 0. The first kappa shape index (κ1) is 33.0. The number of allylic oxidation sites excluding steroid dienone is 7. The standard InChI is InChI=1S/C50H44N2/c1-36-16-7-4-3-5-10-24-47(50(36)49-37(2)26-27-41-18-12-14-23-46(41)49)51-42-32-28-38(29-33-42)39-30-34-44(35-31-39)52(43-20-8-6-9-21-43)48-25-15-19-40-17-11-13-22-45(40)48/h6-35,37,49,51H,1,3-5H2,2H3/b16-7-,24-10-,50-47-. The van der Waals surface area contributed by atoms with Gasteiger partial charge >= 0.3 is 0 Å². The van der Waals surface area contributed by atoms with Crippen LogP contribution in [0.25, 0.3) is 28.0 Å². The number of rotatable bonds is 7. The summed E-state index contributed by atoms with van der Waals surface area (Å²) >= 11 is 0. The molecule has 1 N–H and O–H groups in total. The summed E-state index contributed by atoms with van der Waals surface area (Å²) in [6.07, 6.45) is 17.0. The van der Waals surface area contributed by atoms with E-state index >= 15 is 0 Å². The largest absolute Gasteiger partial charge is 0.355 e. The summed E-state index contributed by atoms with van der Waals surface area (Å²) in [5.74, 6) is 0.541. The van der Waals surface area contributed by atoms with Gasteiger partial charge in [-0.05, 0) is 113 Å². The van der Waals surface area contributed by atoms with E-state index in [0.717, 1.165) is 53.3 Å². The van der Waals surface area contributed by atoms with E-state index in [0.29, 0.717) is 5.92 Å². The van der Waals surface area contributed by atoms with Crippen LogP contribution in [0.15, 0.2) is 199 Å². The molecule has 2 aliphatic carbocycles. The first-order valence-electron chi connectivity index (χ1n) is 18.5. The monoisotopic (exact) mass is 672 g/mol. The van der Waals surface area contributed by atoms with Crippen molar-refractivity contribution >= 4 is 39.6 Å². The van der Waals surface area contributed by atoms with Crippen molar-refractivity contribution in [1.29, 1.82) is 0 Å². The Labute approximate surface area is 308 Å². The van der Waals surface area contributed by atoms with Gasteiger partial charge in [0.05, 0.1) is 5.69 Å². The van der Waals surface area contributed by atoms with Crippen LogP contribution in [-0.2, 0) is 0 Å². The molecule has 2 nitrogen and oxygen atoms in total. The fraction of sp³-hybridized carbons (Fsp3) is 0.120. The summed E-state index contributed by atoms with van der Waals surface area (Å²) in [5.41, 5.74) is 12.9. The fourth-order valence-electron chi connectivity index (χ4n) is 7.74. The van der Waals surface area contributed by atoms with Gasteiger partial charge in [-0.2, -0.15) is 0 Å². The summed E-state index contributed by atoms with van der Waals surface area (Å²) in [7, 11) is 0. The molecule has 0 aliphatic heterocycles. The predicted molar refractivity (Wildman–Crippen MR) is 223 cm³/mol. The highest BCUT2D eigenvalue weighted by molar-refractivity contribution is 5.99. The normalized spacial score (nSPS) is 19.8. The maximum Gasteiger partial charge on any atom is 0.0540 e. The zero-order valence-electron chi connectivity index (χ0n) is 29.8. The molecular formula is C50H44N2. The van der Waals surface area contributed by atoms with Crippen LogP contribution >= 0.6 is 0 Å². The lowest BCUT2D eigenvalue weighted by molar-refractivity contribution is 0.611. The van der Waals surface area contributed by atoms with Gasteiger partial charge in [-0.3, -0.25) is 0 Å². The molecule has 2 heteroatoms. The lowest BCUT2D eigenvalue weighted by Gasteiger charge is -2.32. The maximum atomic E-state index is 4.62. The molecule has 0 radical (unpaired) electrons. The molecule has 8 rings (SSSR count). The number of para-hydroxylation sites is 1. The smallest absolute Gasteiger partial charge is 0.0540 e. The number of anilines is 4. The number of nitrogens with one attached hydrogen (secondary N) is 1. The molecular weight excluding hydrogens is 629 g/mol. The average Bonchev–Trinajstić information content (AvgIpc) is 3.19. The lowest BCUT2D eigenvalue weighted by Crippen LogP contribution is -2.19. The zero-order valence-corrected chi connectivity index (χ0v) is 29.8. The van der Waals surface area contributed by atoms with Gasteiger partial charge < -0.3 is 10.2 Å². The molecule has 0 saturated carbocycles. The molecule has 52 heavy (non-hydrogen) atoms. The van der Waals surface area contributed by atoms with Gasteiger partial charge in [0.15, 0.2) is 0 Å². The van der Waals surface area contributed by atoms with Gasteiger partial charge in [-0.1, -0.05) is 147 Å². The quantitative estimate of drug-likeness (QED) is 0.182. The minimum atomic E-state index is 0.201. The highest BCUT2D eigenvalue weighted by atomic mass is 15.1. The van der Waals surface area contributed by atoms with E-state index < -0.39 is 0 Å². The van der Waals surface area contributed by atoms with Crippen LogP contribution in [0.5, 0.6) is 0 Å². The molecule has 0 bridgehead atoms. The summed E-state index contributed by atoms with van der Waals surface area (Å²) in [6, 6.07) is 52.3. The number of hydrogen-bond acceptors (Lipinski definition) is 2. The van der Waals surface area contributed by atoms with Crippen molar-refractivity contribution < 1.29 is 0 Å². The Morgan fingerprint density at radius 1 is 0.615 bits per heavy atom. The lowest BCUT2D eigenvalue weighted by atomic mass is 9.73. The number of fused-ring (bicyclic) bond motifs is 2. The van der Waals surface area contributed by atoms with Crippen molar-refractivity contribution in [3.05, 3.63) is 211 Å². The van der Waals surface area contributed by atoms with Gasteiger partial charge in [0.2, 0.25) is 0 Å². The number of nitrogens with zero attached hydrogens (tertiary/aromatic N) is 1. The van der Waals surface area contributed by atoms with Gasteiger partial charge in [-0.15, -0.1) is 0 Å². The summed E-state index contributed by atoms with van der Waals surface area (Å²) in [6.45, 7) is 6.95. The van der Waals surface area contributed by atoms with E-state index in [2.05, 4.69) is 206 Å². The highest BCUT2D eigenvalue weighted by Crippen LogP contribution is 2.44. The van der Waals surface area contributed by atoms with Gasteiger partial charge in [0.1, 0.15) is 0 Å². The third kappa shape index (κ3) is 6.81. The molecule has 2 atom stereocenters. The first-order chi connectivity index (χ1) is 25.6. The van der Waals surface area contributed by atoms with Crippen LogP contribution in [0.1, 0.15) is 43.2 Å². The van der Waals surface area contributed by atoms with Gasteiger partial charge in [0.25, 0.3) is 0 Å². The second kappa shape index (κ2) is 15.0. The van der Waals surface area contributed by atoms with E-state index in [9.17, 15) is 0 Å². The molecule has 6 aromatic rings. The van der Waals surface area contributed by atoms with Crippen LogP contribution in [-0.4, -0.2) is 0 Å². The molecule has 0 spiro atoms. The Hall–Kier alpha value is -6.12. The fourth-order valence-corrected chi connectivity index (χ4v) is 7.74. The molecule has 0 heterocycles. The molecule has 6 aromatic carbocycles. The minimum Gasteiger partial charge on any atom is -0.355 e. The highest BCUT2D eigenvalue weighted by Gasteiger charge is 2.29. The first-order valence-corrected chi connectivity index (χ1v) is 18.5. The zero-order chi connectivity index (χ0) is 35.3. The van der Waals surface area contributed by atoms with Crippen molar-refractivity contribution in [2.24, 2.45) is 5.92 Å². The van der Waals surface area contributed by atoms with Crippen molar-refractivity contribution in [3.8, 4) is 11.1 Å². The topological polar surface area (TPSA) is 15.3 Å². The average molecular weight is 673 g/mol. The Morgan fingerprint density at radius 3 is 2.08 bits per heavy atom. The van der Waals surface area contributed by atoms with E-state index in [-0.39, 0.29) is 5.92 Å². The third-order valence-electron chi connectivity index (χ3n) is 10.4. The minimum absolute atomic E-state index is 0.201. The van der Waals surface area contributed by atoms with Crippen molar-refractivity contribution in [2.45, 2.75) is 32.1 Å². The second-order valence-corrected chi connectivity index (χ2v) is 13.8. The van der Waals surface area contributed by atoms with Gasteiger partial charge in [0, 0.05) is 34.1 Å². The molecule has 0 aromatic heterocycles. The van der Waals surface area contributed by atoms with Crippen molar-refractivity contribution in [1.82, 2.24) is 0 Å². The third-order valence-corrected chi connectivity index (χ3v) is 10.4. The van der Waals surface area contributed by atoms with E-state index in [1.165, 1.54) is 38.6 Å². The van der Waals surface area contributed by atoms with E-state index in [1.807, 2.05) is 0 Å². The molecule has 0 amide bonds. The second-order valence-electron chi connectivity index (χ2n) is 13.8. The van der Waals surface area contributed by atoms with E-state index in [1.54, 1.807) is 0 Å². The Balaban J connectivity index is 1.11. The van der Waals surface area contributed by atoms with Crippen LogP contribution in [0.2, 0.25) is 0 Å². The predicted octanol–water partition coefficient (Wildman–Crippen LogP) is 13.9. The van der Waals surface area contributed by atoms with Crippen LogP contribution in [0, 0.1) is 5.92 Å².